The summed E-state index contributed by atoms with van der Waals surface area (Å²) in [4.78, 5) is 6.62. The van der Waals surface area contributed by atoms with E-state index in [1.165, 1.54) is 0 Å². The van der Waals surface area contributed by atoms with Crippen molar-refractivity contribution in [2.75, 3.05) is 52.6 Å². The van der Waals surface area contributed by atoms with Crippen molar-refractivity contribution in [1.82, 2.24) is 15.2 Å². The number of nitrogens with zero attached hydrogens (tertiary/aromatic N) is 2. The number of fused-ring (bicyclic) bond motifs is 1. The van der Waals surface area contributed by atoms with Crippen LogP contribution in [0.15, 0.2) is 24.4 Å². The first-order chi connectivity index (χ1) is 10.3. The summed E-state index contributed by atoms with van der Waals surface area (Å²) in [6.07, 6.45) is 1.10. The topological polar surface area (TPSA) is 66.8 Å². The summed E-state index contributed by atoms with van der Waals surface area (Å²) in [6, 6.07) is 5.57. The van der Waals surface area contributed by atoms with E-state index in [0.29, 0.717) is 25.5 Å². The van der Waals surface area contributed by atoms with Gasteiger partial charge in [-0.1, -0.05) is 6.07 Å². The second-order valence-electron chi connectivity index (χ2n) is 5.72. The lowest BCUT2D eigenvalue weighted by atomic mass is 9.96. The molecule has 0 bridgehead atoms. The molecule has 21 heavy (non-hydrogen) atoms. The Morgan fingerprint density at radius 2 is 2.05 bits per heavy atom. The van der Waals surface area contributed by atoms with Crippen molar-refractivity contribution < 1.29 is 14.6 Å². The zero-order valence-electron chi connectivity index (χ0n) is 12.2. The molecule has 2 fully saturated rings. The summed E-state index contributed by atoms with van der Waals surface area (Å²) in [5.74, 6) is 0. The van der Waals surface area contributed by atoms with Crippen LogP contribution >= 0.6 is 0 Å². The molecule has 1 atom stereocenters. The van der Waals surface area contributed by atoms with Crippen LogP contribution in [-0.2, 0) is 9.47 Å². The number of aromatic nitrogens is 1. The average Bonchev–Trinajstić information content (AvgIpc) is 2.55. The van der Waals surface area contributed by atoms with Crippen molar-refractivity contribution in [2.45, 2.75) is 11.6 Å². The third-order valence-corrected chi connectivity index (χ3v) is 4.24. The largest absolute Gasteiger partial charge is 0.385 e. The quantitative estimate of drug-likeness (QED) is 0.784. The number of aliphatic hydroxyl groups excluding tert-OH is 1. The zero-order chi connectivity index (χ0) is 14.5. The van der Waals surface area contributed by atoms with E-state index < -0.39 is 6.10 Å². The van der Waals surface area contributed by atoms with Gasteiger partial charge in [-0.25, -0.2) is 0 Å². The second-order valence-corrected chi connectivity index (χ2v) is 5.72. The van der Waals surface area contributed by atoms with Crippen LogP contribution in [0.4, 0.5) is 0 Å². The molecule has 6 nitrogen and oxygen atoms in total. The molecule has 0 aromatic carbocycles. The van der Waals surface area contributed by atoms with Gasteiger partial charge in [0.25, 0.3) is 0 Å². The smallest absolute Gasteiger partial charge is 0.108 e. The van der Waals surface area contributed by atoms with E-state index in [2.05, 4.69) is 15.2 Å². The Hall–Kier alpha value is -1.05. The Morgan fingerprint density at radius 1 is 1.29 bits per heavy atom. The Bertz CT molecular complexity index is 431. The second kappa shape index (κ2) is 6.81. The number of hydrogen-bond acceptors (Lipinski definition) is 6. The van der Waals surface area contributed by atoms with Gasteiger partial charge in [0, 0.05) is 32.4 Å². The Balaban J connectivity index is 1.54. The van der Waals surface area contributed by atoms with Crippen molar-refractivity contribution in [2.24, 2.45) is 0 Å². The molecule has 0 amide bonds. The van der Waals surface area contributed by atoms with E-state index in [1.807, 2.05) is 18.2 Å². The first kappa shape index (κ1) is 14.9. The summed E-state index contributed by atoms with van der Waals surface area (Å²) in [7, 11) is 0. The van der Waals surface area contributed by atoms with Crippen LogP contribution in [0.1, 0.15) is 11.8 Å². The maximum Gasteiger partial charge on any atom is 0.108 e. The highest BCUT2D eigenvalue weighted by molar-refractivity contribution is 5.07. The van der Waals surface area contributed by atoms with Crippen molar-refractivity contribution in [3.63, 3.8) is 0 Å². The Kier molecular flexibility index (Phi) is 4.82. The fourth-order valence-electron chi connectivity index (χ4n) is 3.02. The highest BCUT2D eigenvalue weighted by Crippen LogP contribution is 2.23. The molecule has 3 heterocycles. The number of pyridine rings is 1. The summed E-state index contributed by atoms with van der Waals surface area (Å²) >= 11 is 0. The number of hydrogen-bond donors (Lipinski definition) is 2. The maximum absolute atomic E-state index is 10.1. The van der Waals surface area contributed by atoms with Crippen molar-refractivity contribution in [1.29, 1.82) is 0 Å². The summed E-state index contributed by atoms with van der Waals surface area (Å²) < 4.78 is 11.3. The third-order valence-electron chi connectivity index (χ3n) is 4.24. The van der Waals surface area contributed by atoms with E-state index in [4.69, 9.17) is 9.47 Å². The van der Waals surface area contributed by atoms with E-state index in [-0.39, 0.29) is 5.54 Å². The minimum Gasteiger partial charge on any atom is -0.385 e. The molecule has 6 heteroatoms. The van der Waals surface area contributed by atoms with Gasteiger partial charge in [0.2, 0.25) is 0 Å². The van der Waals surface area contributed by atoms with E-state index in [1.54, 1.807) is 6.20 Å². The molecule has 0 saturated carbocycles. The van der Waals surface area contributed by atoms with E-state index in [9.17, 15) is 5.11 Å². The molecule has 1 aromatic heterocycles. The van der Waals surface area contributed by atoms with Crippen LogP contribution in [0, 0.1) is 0 Å². The van der Waals surface area contributed by atoms with E-state index in [0.717, 1.165) is 32.8 Å². The minimum absolute atomic E-state index is 0.0969. The Morgan fingerprint density at radius 3 is 2.71 bits per heavy atom. The Labute approximate surface area is 125 Å². The first-order valence-electron chi connectivity index (χ1n) is 7.50. The van der Waals surface area contributed by atoms with Crippen molar-refractivity contribution in [3.05, 3.63) is 30.1 Å². The zero-order valence-corrected chi connectivity index (χ0v) is 12.2. The van der Waals surface area contributed by atoms with Gasteiger partial charge in [-0.15, -0.1) is 0 Å². The predicted octanol–water partition coefficient (Wildman–Crippen LogP) is -0.194. The van der Waals surface area contributed by atoms with Crippen molar-refractivity contribution >= 4 is 0 Å². The molecular weight excluding hydrogens is 270 g/mol. The van der Waals surface area contributed by atoms with Crippen LogP contribution in [0.3, 0.4) is 0 Å². The molecule has 0 aliphatic carbocycles. The lowest BCUT2D eigenvalue weighted by Crippen LogP contribution is -2.67. The fraction of sp³-hybridized carbons (Fsp3) is 0.667. The highest BCUT2D eigenvalue weighted by Gasteiger charge is 2.41. The van der Waals surface area contributed by atoms with Crippen LogP contribution in [0.25, 0.3) is 0 Å². The third kappa shape index (κ3) is 3.41. The lowest BCUT2D eigenvalue weighted by Gasteiger charge is -2.49. The molecule has 1 aromatic rings. The molecule has 116 valence electrons. The highest BCUT2D eigenvalue weighted by atomic mass is 16.5. The van der Waals surface area contributed by atoms with Crippen molar-refractivity contribution in [3.8, 4) is 0 Å². The van der Waals surface area contributed by atoms with Gasteiger partial charge in [-0.2, -0.15) is 0 Å². The fourth-order valence-corrected chi connectivity index (χ4v) is 3.02. The number of morpholine rings is 2. The minimum atomic E-state index is -0.593. The monoisotopic (exact) mass is 293 g/mol. The summed E-state index contributed by atoms with van der Waals surface area (Å²) in [5, 5.41) is 13.5. The van der Waals surface area contributed by atoms with Gasteiger partial charge < -0.3 is 19.9 Å². The molecule has 0 radical (unpaired) electrons. The molecule has 2 aliphatic rings. The lowest BCUT2D eigenvalue weighted by molar-refractivity contribution is -0.140. The molecule has 2 saturated heterocycles. The van der Waals surface area contributed by atoms with Crippen LogP contribution in [0.5, 0.6) is 0 Å². The van der Waals surface area contributed by atoms with Gasteiger partial charge >= 0.3 is 0 Å². The summed E-state index contributed by atoms with van der Waals surface area (Å²) in [6.45, 7) is 6.07. The standard InChI is InChI=1S/C15H23N3O3/c19-14(13-3-1-2-4-17-13)9-16-10-15-11-20-7-5-18(15)6-8-21-12-15/h1-4,14,16,19H,5-12H2. The van der Waals surface area contributed by atoms with Crippen LogP contribution < -0.4 is 5.32 Å². The number of aliphatic hydroxyl groups is 1. The van der Waals surface area contributed by atoms with Crippen LogP contribution in [0.2, 0.25) is 0 Å². The number of ether oxygens (including phenoxy) is 2. The molecule has 2 N–H and O–H groups in total. The van der Waals surface area contributed by atoms with Gasteiger partial charge in [0.05, 0.1) is 37.7 Å². The van der Waals surface area contributed by atoms with Gasteiger partial charge in [0.15, 0.2) is 0 Å². The molecular formula is C15H23N3O3. The SMILES string of the molecule is OC(CNCC12COCCN1CCOC2)c1ccccn1. The molecule has 3 rings (SSSR count). The number of rotatable bonds is 5. The predicted molar refractivity (Wildman–Crippen MR) is 78.0 cm³/mol. The van der Waals surface area contributed by atoms with E-state index >= 15 is 0 Å². The molecule has 2 aliphatic heterocycles. The van der Waals surface area contributed by atoms with Gasteiger partial charge in [-0.3, -0.25) is 9.88 Å². The molecule has 1 unspecified atom stereocenters. The summed E-state index contributed by atoms with van der Waals surface area (Å²) in [5.41, 5.74) is 0.597. The van der Waals surface area contributed by atoms with Crippen LogP contribution in [-0.4, -0.2) is 73.1 Å². The average molecular weight is 293 g/mol. The van der Waals surface area contributed by atoms with Gasteiger partial charge in [0.1, 0.15) is 6.10 Å². The normalized spacial score (nSPS) is 23.5. The maximum atomic E-state index is 10.1. The first-order valence-corrected chi connectivity index (χ1v) is 7.50. The molecule has 0 spiro atoms. The number of nitrogens with one attached hydrogen (secondary N) is 1. The van der Waals surface area contributed by atoms with Gasteiger partial charge in [-0.05, 0) is 12.1 Å².